The van der Waals surface area contributed by atoms with Crippen molar-refractivity contribution in [1.82, 2.24) is 0 Å². The van der Waals surface area contributed by atoms with Gasteiger partial charge in [0.05, 0.1) is 24.2 Å². The van der Waals surface area contributed by atoms with Crippen molar-refractivity contribution < 1.29 is 14.3 Å². The van der Waals surface area contributed by atoms with Gasteiger partial charge < -0.3 is 9.47 Å². The Labute approximate surface area is 165 Å². The molecule has 4 fully saturated rings. The number of methoxy groups -OCH3 is 1. The van der Waals surface area contributed by atoms with Gasteiger partial charge in [0.25, 0.3) is 0 Å². The highest BCUT2D eigenvalue weighted by atomic mass is 16.5. The Morgan fingerprint density at radius 1 is 1.11 bits per heavy atom. The van der Waals surface area contributed by atoms with E-state index in [1.165, 1.54) is 24.8 Å². The number of hydrogen-bond donors (Lipinski definition) is 0. The summed E-state index contributed by atoms with van der Waals surface area (Å²) in [6.07, 6.45) is 10.6. The lowest BCUT2D eigenvalue weighted by molar-refractivity contribution is -0.193. The maximum absolute atomic E-state index is 12.8. The predicted octanol–water partition coefficient (Wildman–Crippen LogP) is 5.68. The zero-order valence-corrected chi connectivity index (χ0v) is 18.0. The number of rotatable bonds is 3. The second-order valence-electron chi connectivity index (χ2n) is 10.9. The minimum Gasteiger partial charge on any atom is -0.469 e. The minimum absolute atomic E-state index is 0.0125. The van der Waals surface area contributed by atoms with Crippen LogP contribution in [0.4, 0.5) is 0 Å². The number of carbonyl (C=O) groups is 1. The van der Waals surface area contributed by atoms with Gasteiger partial charge in [0, 0.05) is 0 Å². The normalized spacial score (nSPS) is 48.9. The largest absolute Gasteiger partial charge is 0.469 e. The topological polar surface area (TPSA) is 35.5 Å². The molecule has 0 aliphatic heterocycles. The monoisotopic (exact) mass is 374 g/mol. The number of carbonyl (C=O) groups excluding carboxylic acids is 1. The molecule has 0 heterocycles. The molecule has 0 aromatic heterocycles. The van der Waals surface area contributed by atoms with Gasteiger partial charge in [0.15, 0.2) is 0 Å². The fourth-order valence-electron chi connectivity index (χ4n) is 8.44. The molecule has 0 saturated heterocycles. The smallest absolute Gasteiger partial charge is 0.311 e. The standard InChI is InChI=1S/C24H38O3/c1-16(2)27-24-13-9-19-21(4)10-7-11-22(5,20(25)26-6)18(21)8-12-23(19,15-24)14-17(24)3/h16,18-19H,3,7-15H2,1-2,4-6H3. The van der Waals surface area contributed by atoms with Crippen LogP contribution in [-0.4, -0.2) is 24.8 Å². The third kappa shape index (κ3) is 2.52. The molecule has 0 N–H and O–H groups in total. The van der Waals surface area contributed by atoms with E-state index >= 15 is 0 Å². The van der Waals surface area contributed by atoms with Crippen molar-refractivity contribution in [2.24, 2.45) is 28.1 Å². The van der Waals surface area contributed by atoms with Crippen LogP contribution < -0.4 is 0 Å². The summed E-state index contributed by atoms with van der Waals surface area (Å²) in [5.74, 6) is 1.13. The Morgan fingerprint density at radius 2 is 1.81 bits per heavy atom. The van der Waals surface area contributed by atoms with Crippen molar-refractivity contribution in [1.29, 1.82) is 0 Å². The van der Waals surface area contributed by atoms with Crippen LogP contribution in [0.3, 0.4) is 0 Å². The lowest BCUT2D eigenvalue weighted by Crippen LogP contribution is -2.59. The lowest BCUT2D eigenvalue weighted by Gasteiger charge is -2.64. The van der Waals surface area contributed by atoms with Gasteiger partial charge in [0.1, 0.15) is 0 Å². The SMILES string of the molecule is C=C1CC23CCC4C(C)(C(=O)OC)CCCC4(C)C2CCC1(OC(C)C)C3. The first-order valence-electron chi connectivity index (χ1n) is 11.1. The maximum Gasteiger partial charge on any atom is 0.311 e. The summed E-state index contributed by atoms with van der Waals surface area (Å²) in [5, 5.41) is 0. The molecular formula is C24H38O3. The van der Waals surface area contributed by atoms with Crippen LogP contribution in [0, 0.1) is 28.1 Å². The molecular weight excluding hydrogens is 336 g/mol. The van der Waals surface area contributed by atoms with E-state index in [1.54, 1.807) is 7.11 Å². The third-order valence-corrected chi connectivity index (χ3v) is 9.24. The first-order chi connectivity index (χ1) is 12.6. The third-order valence-electron chi connectivity index (χ3n) is 9.24. The molecule has 0 aromatic carbocycles. The summed E-state index contributed by atoms with van der Waals surface area (Å²) in [4.78, 5) is 12.8. The Balaban J connectivity index is 1.69. The molecule has 4 aliphatic rings. The minimum atomic E-state index is -0.318. The Kier molecular flexibility index (Phi) is 4.39. The summed E-state index contributed by atoms with van der Waals surface area (Å²) in [6, 6.07) is 0. The van der Waals surface area contributed by atoms with Crippen molar-refractivity contribution in [2.75, 3.05) is 7.11 Å². The Hall–Kier alpha value is -0.830. The van der Waals surface area contributed by atoms with Crippen LogP contribution >= 0.6 is 0 Å². The number of ether oxygens (including phenoxy) is 2. The summed E-state index contributed by atoms with van der Waals surface area (Å²) in [5.41, 5.74) is 1.50. The molecule has 0 aromatic rings. The summed E-state index contributed by atoms with van der Waals surface area (Å²) >= 11 is 0. The second-order valence-corrected chi connectivity index (χ2v) is 10.9. The number of esters is 1. The zero-order valence-electron chi connectivity index (χ0n) is 18.0. The average molecular weight is 375 g/mol. The van der Waals surface area contributed by atoms with Gasteiger partial charge in [-0.1, -0.05) is 19.9 Å². The lowest BCUT2D eigenvalue weighted by atomic mass is 9.41. The van der Waals surface area contributed by atoms with Crippen LogP contribution in [-0.2, 0) is 14.3 Å². The van der Waals surface area contributed by atoms with Crippen LogP contribution in [0.2, 0.25) is 0 Å². The second kappa shape index (κ2) is 6.08. The van der Waals surface area contributed by atoms with E-state index in [1.807, 2.05) is 0 Å². The van der Waals surface area contributed by atoms with Gasteiger partial charge in [-0.05, 0) is 100 Å². The summed E-state index contributed by atoms with van der Waals surface area (Å²) in [7, 11) is 1.56. The van der Waals surface area contributed by atoms with Crippen LogP contribution in [0.1, 0.15) is 85.5 Å². The first-order valence-corrected chi connectivity index (χ1v) is 11.1. The molecule has 4 saturated carbocycles. The van der Waals surface area contributed by atoms with Gasteiger partial charge in [-0.3, -0.25) is 4.79 Å². The van der Waals surface area contributed by atoms with Crippen LogP contribution in [0.5, 0.6) is 0 Å². The summed E-state index contributed by atoms with van der Waals surface area (Å²) < 4.78 is 11.8. The highest BCUT2D eigenvalue weighted by Crippen LogP contribution is 2.73. The molecule has 152 valence electrons. The molecule has 4 rings (SSSR count). The molecule has 2 bridgehead atoms. The van der Waals surface area contributed by atoms with Gasteiger partial charge in [0.2, 0.25) is 0 Å². The molecule has 0 amide bonds. The first kappa shape index (κ1) is 19.5. The van der Waals surface area contributed by atoms with Gasteiger partial charge in [-0.25, -0.2) is 0 Å². The molecule has 27 heavy (non-hydrogen) atoms. The van der Waals surface area contributed by atoms with Gasteiger partial charge >= 0.3 is 5.97 Å². The van der Waals surface area contributed by atoms with E-state index < -0.39 is 0 Å². The zero-order chi connectivity index (χ0) is 19.7. The van der Waals surface area contributed by atoms with Gasteiger partial charge in [-0.15, -0.1) is 0 Å². The highest BCUT2D eigenvalue weighted by Gasteiger charge is 2.68. The van der Waals surface area contributed by atoms with Crippen molar-refractivity contribution in [2.45, 2.75) is 97.2 Å². The van der Waals surface area contributed by atoms with Gasteiger partial charge in [-0.2, -0.15) is 0 Å². The van der Waals surface area contributed by atoms with Crippen molar-refractivity contribution in [3.8, 4) is 0 Å². The van der Waals surface area contributed by atoms with E-state index in [2.05, 4.69) is 34.3 Å². The van der Waals surface area contributed by atoms with Crippen molar-refractivity contribution in [3.05, 3.63) is 12.2 Å². The van der Waals surface area contributed by atoms with E-state index in [0.29, 0.717) is 17.3 Å². The summed E-state index contributed by atoms with van der Waals surface area (Å²) in [6.45, 7) is 13.5. The van der Waals surface area contributed by atoms with Crippen LogP contribution in [0.25, 0.3) is 0 Å². The highest BCUT2D eigenvalue weighted by molar-refractivity contribution is 5.77. The molecule has 6 unspecified atom stereocenters. The molecule has 1 spiro atoms. The van der Waals surface area contributed by atoms with E-state index in [-0.39, 0.29) is 28.5 Å². The molecule has 4 aliphatic carbocycles. The molecule has 6 atom stereocenters. The molecule has 3 nitrogen and oxygen atoms in total. The molecule has 0 radical (unpaired) electrons. The Bertz CT molecular complexity index is 654. The van der Waals surface area contributed by atoms with E-state index in [0.717, 1.165) is 38.5 Å². The van der Waals surface area contributed by atoms with E-state index in [9.17, 15) is 4.79 Å². The quantitative estimate of drug-likeness (QED) is 0.471. The molecule has 3 heteroatoms. The van der Waals surface area contributed by atoms with Crippen molar-refractivity contribution in [3.63, 3.8) is 0 Å². The predicted molar refractivity (Wildman–Crippen MR) is 107 cm³/mol. The fraction of sp³-hybridized carbons (Fsp3) is 0.875. The fourth-order valence-corrected chi connectivity index (χ4v) is 8.44. The number of hydrogen-bond acceptors (Lipinski definition) is 3. The van der Waals surface area contributed by atoms with Crippen molar-refractivity contribution >= 4 is 5.97 Å². The number of fused-ring (bicyclic) bond motifs is 3. The maximum atomic E-state index is 12.8. The Morgan fingerprint density at radius 3 is 2.48 bits per heavy atom. The van der Waals surface area contributed by atoms with Crippen LogP contribution in [0.15, 0.2) is 12.2 Å². The average Bonchev–Trinajstić information content (AvgIpc) is 2.78. The van der Waals surface area contributed by atoms with E-state index in [4.69, 9.17) is 9.47 Å².